The Labute approximate surface area is 187 Å². The number of nitrogens with one attached hydrogen (secondary N) is 1. The van der Waals surface area contributed by atoms with Crippen molar-refractivity contribution in [1.29, 1.82) is 0 Å². The van der Waals surface area contributed by atoms with Crippen LogP contribution in [0.3, 0.4) is 0 Å². The molecule has 1 atom stereocenters. The van der Waals surface area contributed by atoms with Crippen molar-refractivity contribution in [2.45, 2.75) is 44.0 Å². The van der Waals surface area contributed by atoms with Crippen molar-refractivity contribution in [3.63, 3.8) is 0 Å². The number of hydrogen-bond acceptors (Lipinski definition) is 5. The van der Waals surface area contributed by atoms with Crippen molar-refractivity contribution in [3.8, 4) is 11.5 Å². The lowest BCUT2D eigenvalue weighted by molar-refractivity contribution is -0.113. The molecule has 0 bridgehead atoms. The van der Waals surface area contributed by atoms with E-state index >= 15 is 0 Å². The number of benzene rings is 2. The van der Waals surface area contributed by atoms with E-state index in [2.05, 4.69) is 12.2 Å². The summed E-state index contributed by atoms with van der Waals surface area (Å²) in [5.74, 6) is 1.72. The lowest BCUT2D eigenvalue weighted by Crippen LogP contribution is -2.42. The molecular weight excluding hydrogens is 412 g/mol. The zero-order valence-corrected chi connectivity index (χ0v) is 18.8. The van der Waals surface area contributed by atoms with Crippen LogP contribution in [0.5, 0.6) is 11.5 Å². The van der Waals surface area contributed by atoms with Gasteiger partial charge in [0.2, 0.25) is 5.91 Å². The molecule has 2 aliphatic heterocycles. The molecule has 2 aromatic rings. The molecule has 6 nitrogen and oxygen atoms in total. The first kappa shape index (κ1) is 21.6. The summed E-state index contributed by atoms with van der Waals surface area (Å²) in [7, 11) is 0. The number of carbonyl (C=O) groups excluding carboxylic acids is 2. The number of nitrogens with zero attached hydrogens (tertiary/aromatic N) is 1. The van der Waals surface area contributed by atoms with E-state index in [1.54, 1.807) is 6.07 Å². The second kappa shape index (κ2) is 9.64. The summed E-state index contributed by atoms with van der Waals surface area (Å²) in [4.78, 5) is 28.3. The van der Waals surface area contributed by atoms with Crippen LogP contribution < -0.4 is 14.8 Å². The minimum Gasteiger partial charge on any atom is -0.486 e. The van der Waals surface area contributed by atoms with E-state index in [0.717, 1.165) is 47.0 Å². The summed E-state index contributed by atoms with van der Waals surface area (Å²) in [5.41, 5.74) is 2.29. The highest BCUT2D eigenvalue weighted by Gasteiger charge is 2.24. The van der Waals surface area contributed by atoms with E-state index in [0.29, 0.717) is 18.8 Å². The van der Waals surface area contributed by atoms with Crippen molar-refractivity contribution in [1.82, 2.24) is 4.90 Å². The van der Waals surface area contributed by atoms with Crippen molar-refractivity contribution >= 4 is 29.3 Å². The summed E-state index contributed by atoms with van der Waals surface area (Å²) < 4.78 is 11.1. The van der Waals surface area contributed by atoms with Gasteiger partial charge < -0.3 is 19.7 Å². The molecule has 0 aromatic heterocycles. The third kappa shape index (κ3) is 5.15. The fourth-order valence-corrected chi connectivity index (χ4v) is 4.68. The molecule has 2 heterocycles. The van der Waals surface area contributed by atoms with Crippen LogP contribution in [0, 0.1) is 6.92 Å². The zero-order chi connectivity index (χ0) is 21.8. The molecule has 31 heavy (non-hydrogen) atoms. The van der Waals surface area contributed by atoms with Gasteiger partial charge in [0, 0.05) is 28.7 Å². The molecule has 0 saturated carbocycles. The van der Waals surface area contributed by atoms with Crippen molar-refractivity contribution in [3.05, 3.63) is 47.5 Å². The van der Waals surface area contributed by atoms with Gasteiger partial charge in [-0.2, -0.15) is 0 Å². The molecule has 0 spiro atoms. The number of hydrogen-bond donors (Lipinski definition) is 1. The third-order valence-corrected chi connectivity index (χ3v) is 6.69. The van der Waals surface area contributed by atoms with E-state index in [9.17, 15) is 9.59 Å². The second-order valence-electron chi connectivity index (χ2n) is 8.02. The Kier molecular flexibility index (Phi) is 6.70. The van der Waals surface area contributed by atoms with Crippen LogP contribution in [0.1, 0.15) is 42.1 Å². The number of fused-ring (bicyclic) bond motifs is 1. The van der Waals surface area contributed by atoms with Crippen LogP contribution in [0.25, 0.3) is 0 Å². The molecule has 1 N–H and O–H groups in total. The maximum atomic E-state index is 12.9. The highest BCUT2D eigenvalue weighted by Crippen LogP contribution is 2.34. The van der Waals surface area contributed by atoms with Crippen LogP contribution in [0.15, 0.2) is 41.3 Å². The predicted molar refractivity (Wildman–Crippen MR) is 122 cm³/mol. The number of likely N-dealkylation sites (tertiary alicyclic amines) is 1. The number of ether oxygens (including phenoxy) is 2. The third-order valence-electron chi connectivity index (χ3n) is 5.69. The van der Waals surface area contributed by atoms with Gasteiger partial charge in [-0.15, -0.1) is 11.8 Å². The molecule has 1 saturated heterocycles. The highest BCUT2D eigenvalue weighted by atomic mass is 32.2. The van der Waals surface area contributed by atoms with Crippen molar-refractivity contribution < 1.29 is 19.1 Å². The SMILES string of the molecule is Cc1cc(C(=O)N2CCCCC2C)ccc1NC(=O)CSc1ccc2c(c1)OCCO2. The Morgan fingerprint density at radius 1 is 1.10 bits per heavy atom. The number of carbonyl (C=O) groups is 2. The number of aryl methyl sites for hydroxylation is 1. The molecule has 4 rings (SSSR count). The molecule has 2 aromatic carbocycles. The zero-order valence-electron chi connectivity index (χ0n) is 18.0. The van der Waals surface area contributed by atoms with Crippen LogP contribution in [0.2, 0.25) is 0 Å². The molecule has 1 fully saturated rings. The minimum atomic E-state index is -0.0910. The van der Waals surface area contributed by atoms with E-state index < -0.39 is 0 Å². The molecule has 2 aliphatic rings. The number of amides is 2. The molecule has 0 radical (unpaired) electrons. The van der Waals surface area contributed by atoms with E-state index in [4.69, 9.17) is 9.47 Å². The Morgan fingerprint density at radius 3 is 2.68 bits per heavy atom. The number of anilines is 1. The first-order valence-corrected chi connectivity index (χ1v) is 11.7. The van der Waals surface area contributed by atoms with Gasteiger partial charge in [-0.3, -0.25) is 9.59 Å². The largest absolute Gasteiger partial charge is 0.486 e. The van der Waals surface area contributed by atoms with E-state index in [-0.39, 0.29) is 23.6 Å². The van der Waals surface area contributed by atoms with Crippen LogP contribution >= 0.6 is 11.8 Å². The van der Waals surface area contributed by atoms with Gasteiger partial charge >= 0.3 is 0 Å². The highest BCUT2D eigenvalue weighted by molar-refractivity contribution is 8.00. The Balaban J connectivity index is 1.34. The van der Waals surface area contributed by atoms with Crippen molar-refractivity contribution in [2.75, 3.05) is 30.8 Å². The molecule has 0 aliphatic carbocycles. The molecule has 164 valence electrons. The summed E-state index contributed by atoms with van der Waals surface area (Å²) in [6.45, 7) is 5.94. The maximum absolute atomic E-state index is 12.9. The van der Waals surface area contributed by atoms with Gasteiger partial charge in [-0.05, 0) is 75.1 Å². The molecule has 2 amide bonds. The number of thioether (sulfide) groups is 1. The fourth-order valence-electron chi connectivity index (χ4n) is 3.95. The van der Waals surface area contributed by atoms with Gasteiger partial charge in [0.05, 0.1) is 5.75 Å². The van der Waals surface area contributed by atoms with Gasteiger partial charge in [0.1, 0.15) is 13.2 Å². The van der Waals surface area contributed by atoms with E-state index in [1.165, 1.54) is 18.2 Å². The Hall–Kier alpha value is -2.67. The van der Waals surface area contributed by atoms with Crippen LogP contribution in [-0.2, 0) is 4.79 Å². The van der Waals surface area contributed by atoms with Gasteiger partial charge in [-0.1, -0.05) is 0 Å². The van der Waals surface area contributed by atoms with Crippen LogP contribution in [-0.4, -0.2) is 48.3 Å². The lowest BCUT2D eigenvalue weighted by atomic mass is 10.0. The topological polar surface area (TPSA) is 67.9 Å². The average molecular weight is 441 g/mol. The minimum absolute atomic E-state index is 0.0716. The summed E-state index contributed by atoms with van der Waals surface area (Å²) in [6, 6.07) is 11.5. The Bertz CT molecular complexity index is 978. The normalized spacial score (nSPS) is 17.9. The second-order valence-corrected chi connectivity index (χ2v) is 9.06. The van der Waals surface area contributed by atoms with E-state index in [1.807, 2.05) is 42.2 Å². The molecule has 7 heteroatoms. The monoisotopic (exact) mass is 440 g/mol. The number of rotatable bonds is 5. The van der Waals surface area contributed by atoms with Gasteiger partial charge in [0.15, 0.2) is 11.5 Å². The maximum Gasteiger partial charge on any atom is 0.254 e. The smallest absolute Gasteiger partial charge is 0.254 e. The Morgan fingerprint density at radius 2 is 1.90 bits per heavy atom. The van der Waals surface area contributed by atoms with Gasteiger partial charge in [0.25, 0.3) is 5.91 Å². The van der Waals surface area contributed by atoms with Gasteiger partial charge in [-0.25, -0.2) is 0 Å². The lowest BCUT2D eigenvalue weighted by Gasteiger charge is -2.33. The first-order chi connectivity index (χ1) is 15.0. The summed E-state index contributed by atoms with van der Waals surface area (Å²) >= 11 is 1.45. The number of piperidine rings is 1. The average Bonchev–Trinajstić information content (AvgIpc) is 2.79. The summed E-state index contributed by atoms with van der Waals surface area (Å²) in [5, 5.41) is 2.96. The molecule has 1 unspecified atom stereocenters. The quantitative estimate of drug-likeness (QED) is 0.693. The fraction of sp³-hybridized carbons (Fsp3) is 0.417. The summed E-state index contributed by atoms with van der Waals surface area (Å²) in [6.07, 6.45) is 3.29. The predicted octanol–water partition coefficient (Wildman–Crippen LogP) is 4.51. The standard InChI is InChI=1S/C24H28N2O4S/c1-16-13-18(24(28)26-10-4-3-5-17(26)2)6-8-20(16)25-23(27)15-31-19-7-9-21-22(14-19)30-12-11-29-21/h6-9,13-14,17H,3-5,10-12,15H2,1-2H3,(H,25,27). The first-order valence-electron chi connectivity index (χ1n) is 10.7. The van der Waals surface area contributed by atoms with Crippen molar-refractivity contribution in [2.24, 2.45) is 0 Å². The molecular formula is C24H28N2O4S. The van der Waals surface area contributed by atoms with Crippen LogP contribution in [0.4, 0.5) is 5.69 Å².